The number of sulfonamides is 1. The summed E-state index contributed by atoms with van der Waals surface area (Å²) in [4.78, 5) is 1.98. The first kappa shape index (κ1) is 18.2. The van der Waals surface area contributed by atoms with Crippen molar-refractivity contribution in [2.75, 3.05) is 27.7 Å². The van der Waals surface area contributed by atoms with E-state index in [9.17, 15) is 8.42 Å². The van der Waals surface area contributed by atoms with Crippen LogP contribution >= 0.6 is 0 Å². The van der Waals surface area contributed by atoms with Crippen LogP contribution in [0.4, 0.5) is 0 Å². The van der Waals surface area contributed by atoms with Crippen LogP contribution in [0.25, 0.3) is 0 Å². The van der Waals surface area contributed by atoms with Crippen molar-refractivity contribution in [3.8, 4) is 0 Å². The first-order valence-electron chi connectivity index (χ1n) is 7.15. The summed E-state index contributed by atoms with van der Waals surface area (Å²) in [5, 5.41) is 2.90. The van der Waals surface area contributed by atoms with Gasteiger partial charge in [-0.1, -0.05) is 13.8 Å². The molecule has 0 spiro atoms. The third-order valence-electron chi connectivity index (χ3n) is 2.92. The van der Waals surface area contributed by atoms with Crippen molar-refractivity contribution in [2.45, 2.75) is 37.9 Å². The largest absolute Gasteiger partial charge is 0.447 e. The minimum absolute atomic E-state index is 0.0275. The number of likely N-dealkylation sites (N-methyl/N-ethyl adjacent to an activating group) is 1. The van der Waals surface area contributed by atoms with Crippen molar-refractivity contribution >= 4 is 10.0 Å². The normalized spacial score (nSPS) is 14.0. The van der Waals surface area contributed by atoms with E-state index < -0.39 is 10.0 Å². The lowest BCUT2D eigenvalue weighted by Gasteiger charge is -2.23. The molecule has 1 atom stereocenters. The van der Waals surface area contributed by atoms with Gasteiger partial charge < -0.3 is 14.6 Å². The standard InChI is InChI=1S/C14H27N3O3S/c1-11(2)8-12(10-17(4)5)16-21(18,19)14-7-6-13(20-14)9-15-3/h6-7,11-12,15-16H,8-10H2,1-5H3. The van der Waals surface area contributed by atoms with Gasteiger partial charge in [0.25, 0.3) is 10.0 Å². The minimum atomic E-state index is -3.62. The molecule has 1 rings (SSSR count). The Labute approximate surface area is 127 Å². The zero-order valence-electron chi connectivity index (χ0n) is 13.5. The van der Waals surface area contributed by atoms with Gasteiger partial charge in [0.2, 0.25) is 5.09 Å². The Balaban J connectivity index is 2.83. The summed E-state index contributed by atoms with van der Waals surface area (Å²) in [7, 11) is 2.02. The molecule has 0 amide bonds. The van der Waals surface area contributed by atoms with E-state index in [1.807, 2.05) is 19.0 Å². The minimum Gasteiger partial charge on any atom is -0.447 e. The molecule has 1 aromatic heterocycles. The molecule has 0 aliphatic rings. The van der Waals surface area contributed by atoms with Crippen LogP contribution in [0.15, 0.2) is 21.6 Å². The fraction of sp³-hybridized carbons (Fsp3) is 0.714. The second-order valence-corrected chi connectivity index (χ2v) is 7.61. The zero-order chi connectivity index (χ0) is 16.0. The highest BCUT2D eigenvalue weighted by Gasteiger charge is 2.24. The molecular formula is C14H27N3O3S. The smallest absolute Gasteiger partial charge is 0.274 e. The second-order valence-electron chi connectivity index (χ2n) is 5.96. The lowest BCUT2D eigenvalue weighted by molar-refractivity contribution is 0.326. The van der Waals surface area contributed by atoms with Crippen LogP contribution in [0.1, 0.15) is 26.0 Å². The van der Waals surface area contributed by atoms with Crippen molar-refractivity contribution in [3.05, 3.63) is 17.9 Å². The molecule has 2 N–H and O–H groups in total. The van der Waals surface area contributed by atoms with Gasteiger partial charge in [-0.05, 0) is 45.6 Å². The topological polar surface area (TPSA) is 74.6 Å². The molecule has 0 aliphatic carbocycles. The average Bonchev–Trinajstić information content (AvgIpc) is 2.76. The lowest BCUT2D eigenvalue weighted by Crippen LogP contribution is -2.42. The summed E-state index contributed by atoms with van der Waals surface area (Å²) in [5.41, 5.74) is 0. The van der Waals surface area contributed by atoms with Crippen molar-refractivity contribution < 1.29 is 12.8 Å². The first-order valence-corrected chi connectivity index (χ1v) is 8.63. The van der Waals surface area contributed by atoms with Crippen molar-refractivity contribution in [1.29, 1.82) is 0 Å². The van der Waals surface area contributed by atoms with E-state index in [-0.39, 0.29) is 11.1 Å². The number of rotatable bonds is 9. The third-order valence-corrected chi connectivity index (χ3v) is 4.31. The molecule has 0 radical (unpaired) electrons. The average molecular weight is 317 g/mol. The summed E-state index contributed by atoms with van der Waals surface area (Å²) in [6.07, 6.45) is 0.779. The summed E-state index contributed by atoms with van der Waals surface area (Å²) in [5.74, 6) is 1.01. The Morgan fingerprint density at radius 2 is 1.95 bits per heavy atom. The van der Waals surface area contributed by atoms with Gasteiger partial charge in [-0.2, -0.15) is 0 Å². The van der Waals surface area contributed by atoms with Crippen molar-refractivity contribution in [3.63, 3.8) is 0 Å². The van der Waals surface area contributed by atoms with E-state index in [1.54, 1.807) is 13.1 Å². The monoisotopic (exact) mass is 317 g/mol. The van der Waals surface area contributed by atoms with Gasteiger partial charge >= 0.3 is 0 Å². The number of furan rings is 1. The molecule has 1 aromatic rings. The van der Waals surface area contributed by atoms with Crippen LogP contribution in [-0.2, 0) is 16.6 Å². The number of nitrogens with one attached hydrogen (secondary N) is 2. The highest BCUT2D eigenvalue weighted by atomic mass is 32.2. The van der Waals surface area contributed by atoms with Gasteiger partial charge in [-0.3, -0.25) is 0 Å². The SMILES string of the molecule is CNCc1ccc(S(=O)(=O)NC(CC(C)C)CN(C)C)o1. The third kappa shape index (κ3) is 6.17. The lowest BCUT2D eigenvalue weighted by atomic mass is 10.0. The van der Waals surface area contributed by atoms with Crippen LogP contribution in [-0.4, -0.2) is 47.0 Å². The summed E-state index contributed by atoms with van der Waals surface area (Å²) < 4.78 is 32.9. The second kappa shape index (κ2) is 7.93. The van der Waals surface area contributed by atoms with E-state index in [0.29, 0.717) is 24.8 Å². The van der Waals surface area contributed by atoms with E-state index in [2.05, 4.69) is 23.9 Å². The van der Waals surface area contributed by atoms with E-state index in [4.69, 9.17) is 4.42 Å². The van der Waals surface area contributed by atoms with Crippen LogP contribution in [0.5, 0.6) is 0 Å². The molecule has 0 saturated carbocycles. The van der Waals surface area contributed by atoms with Gasteiger partial charge in [0.05, 0.1) is 6.54 Å². The maximum atomic E-state index is 12.4. The van der Waals surface area contributed by atoms with Gasteiger partial charge in [0, 0.05) is 12.6 Å². The highest BCUT2D eigenvalue weighted by molar-refractivity contribution is 7.89. The van der Waals surface area contributed by atoms with Gasteiger partial charge in [-0.25, -0.2) is 13.1 Å². The number of nitrogens with zero attached hydrogens (tertiary/aromatic N) is 1. The van der Waals surface area contributed by atoms with Crippen LogP contribution in [0.2, 0.25) is 0 Å². The quantitative estimate of drug-likeness (QED) is 0.717. The molecule has 1 unspecified atom stereocenters. The van der Waals surface area contributed by atoms with Crippen LogP contribution in [0, 0.1) is 5.92 Å². The Hall–Kier alpha value is -0.890. The fourth-order valence-electron chi connectivity index (χ4n) is 2.22. The molecular weight excluding hydrogens is 290 g/mol. The van der Waals surface area contributed by atoms with Gasteiger partial charge in [0.1, 0.15) is 5.76 Å². The van der Waals surface area contributed by atoms with E-state index >= 15 is 0 Å². The Bertz CT molecular complexity index is 513. The van der Waals surface area contributed by atoms with E-state index in [0.717, 1.165) is 6.42 Å². The molecule has 0 saturated heterocycles. The summed E-state index contributed by atoms with van der Waals surface area (Å²) in [6, 6.07) is 3.04. The molecule has 122 valence electrons. The fourth-order valence-corrected chi connectivity index (χ4v) is 3.41. The zero-order valence-corrected chi connectivity index (χ0v) is 14.3. The van der Waals surface area contributed by atoms with Gasteiger partial charge in [-0.15, -0.1) is 0 Å². The molecule has 7 heteroatoms. The van der Waals surface area contributed by atoms with Crippen LogP contribution in [0.3, 0.4) is 0 Å². The van der Waals surface area contributed by atoms with Crippen molar-refractivity contribution in [1.82, 2.24) is 14.9 Å². The molecule has 6 nitrogen and oxygen atoms in total. The summed E-state index contributed by atoms with van der Waals surface area (Å²) in [6.45, 7) is 5.31. The molecule has 1 heterocycles. The highest BCUT2D eigenvalue weighted by Crippen LogP contribution is 2.16. The Kier molecular flexibility index (Phi) is 6.86. The molecule has 0 aromatic carbocycles. The predicted octanol–water partition coefficient (Wildman–Crippen LogP) is 1.25. The molecule has 0 fully saturated rings. The molecule has 0 bridgehead atoms. The Morgan fingerprint density at radius 3 is 2.48 bits per heavy atom. The van der Waals surface area contributed by atoms with Gasteiger partial charge in [0.15, 0.2) is 0 Å². The molecule has 21 heavy (non-hydrogen) atoms. The first-order chi connectivity index (χ1) is 9.74. The number of hydrogen-bond acceptors (Lipinski definition) is 5. The number of hydrogen-bond donors (Lipinski definition) is 2. The Morgan fingerprint density at radius 1 is 1.29 bits per heavy atom. The van der Waals surface area contributed by atoms with Crippen LogP contribution < -0.4 is 10.0 Å². The van der Waals surface area contributed by atoms with E-state index in [1.165, 1.54) is 6.07 Å². The summed E-state index contributed by atoms with van der Waals surface area (Å²) >= 11 is 0. The maximum Gasteiger partial charge on any atom is 0.274 e. The maximum absolute atomic E-state index is 12.4. The van der Waals surface area contributed by atoms with Crippen molar-refractivity contribution in [2.24, 2.45) is 5.92 Å². The molecule has 0 aliphatic heterocycles. The predicted molar refractivity (Wildman–Crippen MR) is 83.6 cm³/mol.